The maximum absolute atomic E-state index is 12.7. The van der Waals surface area contributed by atoms with Gasteiger partial charge in [-0.25, -0.2) is 4.79 Å². The van der Waals surface area contributed by atoms with Crippen molar-refractivity contribution in [2.45, 2.75) is 19.1 Å². The van der Waals surface area contributed by atoms with Gasteiger partial charge in [0, 0.05) is 12.3 Å². The molecule has 1 aromatic carbocycles. The minimum Gasteiger partial charge on any atom is -0.456 e. The molecular weight excluding hydrogens is 371 g/mol. The van der Waals surface area contributed by atoms with Crippen LogP contribution < -0.4 is 5.32 Å². The summed E-state index contributed by atoms with van der Waals surface area (Å²) in [7, 11) is 0. The number of aromatic nitrogens is 1. The van der Waals surface area contributed by atoms with Gasteiger partial charge in [-0.15, -0.1) is 0 Å². The van der Waals surface area contributed by atoms with Crippen LogP contribution in [-0.4, -0.2) is 34.3 Å². The summed E-state index contributed by atoms with van der Waals surface area (Å²) in [6, 6.07) is 3.82. The van der Waals surface area contributed by atoms with Crippen LogP contribution in [0.4, 0.5) is 24.5 Å². The number of nitro groups is 1. The minimum atomic E-state index is -4.74. The van der Waals surface area contributed by atoms with Crippen molar-refractivity contribution in [3.8, 4) is 0 Å². The topological polar surface area (TPSA) is 114 Å². The largest absolute Gasteiger partial charge is 0.456 e. The minimum absolute atomic E-state index is 0.238. The normalized spacial score (nSPS) is 12.3. The number of carbonyl (C=O) groups excluding carboxylic acids is 2. The number of H-pyrrole nitrogens is 1. The molecule has 2 rings (SSSR count). The number of benzene rings is 1. The SMILES string of the molecule is C[C@H](Nc1ccc(C(F)(F)F)cc1[N+](=O)[O-])C(=O)OCC(=O)c1ccc[nH]1. The molecule has 0 unspecified atom stereocenters. The highest BCUT2D eigenvalue weighted by molar-refractivity contribution is 5.96. The molecule has 1 atom stereocenters. The average Bonchev–Trinajstić information content (AvgIpc) is 3.13. The average molecular weight is 385 g/mol. The molecule has 11 heteroatoms. The van der Waals surface area contributed by atoms with Crippen molar-refractivity contribution in [1.82, 2.24) is 4.98 Å². The fourth-order valence-corrected chi connectivity index (χ4v) is 2.12. The van der Waals surface area contributed by atoms with Gasteiger partial charge in [0.25, 0.3) is 5.69 Å². The van der Waals surface area contributed by atoms with Gasteiger partial charge in [-0.2, -0.15) is 13.2 Å². The Morgan fingerprint density at radius 2 is 2.04 bits per heavy atom. The van der Waals surface area contributed by atoms with E-state index in [1.807, 2.05) is 0 Å². The quantitative estimate of drug-likeness (QED) is 0.327. The highest BCUT2D eigenvalue weighted by Crippen LogP contribution is 2.35. The Balaban J connectivity index is 2.05. The Bertz CT molecular complexity index is 849. The number of halogens is 3. The number of rotatable bonds is 7. The Morgan fingerprint density at radius 3 is 2.59 bits per heavy atom. The molecule has 144 valence electrons. The van der Waals surface area contributed by atoms with Gasteiger partial charge in [-0.3, -0.25) is 14.9 Å². The summed E-state index contributed by atoms with van der Waals surface area (Å²) >= 11 is 0. The molecule has 2 N–H and O–H groups in total. The zero-order valence-corrected chi connectivity index (χ0v) is 13.9. The van der Waals surface area contributed by atoms with Crippen LogP contribution in [0.1, 0.15) is 23.0 Å². The molecule has 0 aliphatic heterocycles. The summed E-state index contributed by atoms with van der Waals surface area (Å²) < 4.78 is 42.9. The predicted molar refractivity (Wildman–Crippen MR) is 87.3 cm³/mol. The summed E-state index contributed by atoms with van der Waals surface area (Å²) in [6.45, 7) is 0.739. The third-order valence-corrected chi connectivity index (χ3v) is 3.49. The number of ketones is 1. The monoisotopic (exact) mass is 385 g/mol. The Hall–Kier alpha value is -3.37. The standard InChI is InChI=1S/C16H14F3N3O5/c1-9(15(24)27-8-14(23)12-3-2-6-20-12)21-11-5-4-10(16(17,18)19)7-13(11)22(25)26/h2-7,9,20-21H,8H2,1H3/t9-/m0/s1. The number of nitrogens with one attached hydrogen (secondary N) is 2. The summed E-state index contributed by atoms with van der Waals surface area (Å²) in [5.41, 5.74) is -2.08. The number of aromatic amines is 1. The van der Waals surface area contributed by atoms with Crippen LogP contribution in [0.25, 0.3) is 0 Å². The van der Waals surface area contributed by atoms with E-state index in [-0.39, 0.29) is 11.4 Å². The number of hydrogen-bond acceptors (Lipinski definition) is 6. The van der Waals surface area contributed by atoms with Crippen LogP contribution in [0.2, 0.25) is 0 Å². The van der Waals surface area contributed by atoms with E-state index < -0.39 is 46.8 Å². The van der Waals surface area contributed by atoms with Gasteiger partial charge in [0.1, 0.15) is 11.7 Å². The third kappa shape index (κ3) is 5.06. The lowest BCUT2D eigenvalue weighted by molar-refractivity contribution is -0.384. The van der Waals surface area contributed by atoms with E-state index >= 15 is 0 Å². The number of anilines is 1. The first-order valence-electron chi connectivity index (χ1n) is 7.55. The molecule has 0 fully saturated rings. The fourth-order valence-electron chi connectivity index (χ4n) is 2.12. The smallest absolute Gasteiger partial charge is 0.416 e. The van der Waals surface area contributed by atoms with Crippen molar-refractivity contribution in [1.29, 1.82) is 0 Å². The summed E-state index contributed by atoms with van der Waals surface area (Å²) in [5, 5.41) is 13.5. The van der Waals surface area contributed by atoms with Crippen LogP contribution in [0.3, 0.4) is 0 Å². The third-order valence-electron chi connectivity index (χ3n) is 3.49. The molecule has 8 nitrogen and oxygen atoms in total. The molecule has 0 radical (unpaired) electrons. The lowest BCUT2D eigenvalue weighted by Crippen LogP contribution is -2.30. The van der Waals surface area contributed by atoms with Crippen molar-refractivity contribution in [2.24, 2.45) is 0 Å². The number of esters is 1. The van der Waals surface area contributed by atoms with Gasteiger partial charge in [-0.05, 0) is 31.2 Å². The number of hydrogen-bond donors (Lipinski definition) is 2. The van der Waals surface area contributed by atoms with E-state index in [9.17, 15) is 32.9 Å². The second-order valence-corrected chi connectivity index (χ2v) is 5.47. The van der Waals surface area contributed by atoms with Gasteiger partial charge >= 0.3 is 12.1 Å². The molecule has 0 amide bonds. The summed E-state index contributed by atoms with van der Waals surface area (Å²) in [5.74, 6) is -1.38. The van der Waals surface area contributed by atoms with Gasteiger partial charge in [-0.1, -0.05) is 0 Å². The predicted octanol–water partition coefficient (Wildman–Crippen LogP) is 3.17. The molecule has 27 heavy (non-hydrogen) atoms. The molecule has 0 saturated carbocycles. The Morgan fingerprint density at radius 1 is 1.33 bits per heavy atom. The van der Waals surface area contributed by atoms with E-state index in [1.54, 1.807) is 6.07 Å². The van der Waals surface area contributed by atoms with Crippen molar-refractivity contribution in [3.05, 3.63) is 57.9 Å². The van der Waals surface area contributed by atoms with Gasteiger partial charge in [0.15, 0.2) is 6.61 Å². The highest BCUT2D eigenvalue weighted by Gasteiger charge is 2.33. The molecule has 2 aromatic rings. The van der Waals surface area contributed by atoms with Crippen molar-refractivity contribution in [3.63, 3.8) is 0 Å². The van der Waals surface area contributed by atoms with E-state index in [2.05, 4.69) is 10.3 Å². The number of Topliss-reactive ketones (excluding diaryl/α,β-unsaturated/α-hetero) is 1. The number of ether oxygens (including phenoxy) is 1. The van der Waals surface area contributed by atoms with Crippen molar-refractivity contribution >= 4 is 23.1 Å². The van der Waals surface area contributed by atoms with E-state index in [0.29, 0.717) is 12.1 Å². The summed E-state index contributed by atoms with van der Waals surface area (Å²) in [4.78, 5) is 36.4. The second kappa shape index (κ2) is 7.89. The zero-order chi connectivity index (χ0) is 20.2. The maximum atomic E-state index is 12.7. The number of alkyl halides is 3. The van der Waals surface area contributed by atoms with Crippen molar-refractivity contribution < 1.29 is 32.4 Å². The number of nitro benzene ring substituents is 1. The molecule has 1 heterocycles. The fraction of sp³-hybridized carbons (Fsp3) is 0.250. The first-order valence-corrected chi connectivity index (χ1v) is 7.55. The molecule has 1 aromatic heterocycles. The van der Waals surface area contributed by atoms with Crippen LogP contribution in [0, 0.1) is 10.1 Å². The number of nitrogens with zero attached hydrogens (tertiary/aromatic N) is 1. The molecule has 0 aliphatic rings. The Labute approximate surface area is 150 Å². The first-order chi connectivity index (χ1) is 12.6. The molecule has 0 aliphatic carbocycles. The van der Waals surface area contributed by atoms with E-state index in [4.69, 9.17) is 4.74 Å². The van der Waals surface area contributed by atoms with Crippen LogP contribution in [0.5, 0.6) is 0 Å². The zero-order valence-electron chi connectivity index (χ0n) is 13.9. The molecule has 0 bridgehead atoms. The van der Waals surface area contributed by atoms with Gasteiger partial charge in [0.05, 0.1) is 16.2 Å². The maximum Gasteiger partial charge on any atom is 0.416 e. The van der Waals surface area contributed by atoms with Gasteiger partial charge < -0.3 is 15.0 Å². The second-order valence-electron chi connectivity index (χ2n) is 5.47. The van der Waals surface area contributed by atoms with E-state index in [1.165, 1.54) is 19.2 Å². The van der Waals surface area contributed by atoms with E-state index in [0.717, 1.165) is 6.07 Å². The van der Waals surface area contributed by atoms with Crippen LogP contribution in [0.15, 0.2) is 36.5 Å². The van der Waals surface area contributed by atoms with Crippen LogP contribution >= 0.6 is 0 Å². The van der Waals surface area contributed by atoms with Gasteiger partial charge in [0.2, 0.25) is 5.78 Å². The number of carbonyl (C=O) groups is 2. The Kier molecular flexibility index (Phi) is 5.83. The van der Waals surface area contributed by atoms with Crippen LogP contribution in [-0.2, 0) is 15.7 Å². The summed E-state index contributed by atoms with van der Waals surface area (Å²) in [6.07, 6.45) is -3.23. The highest BCUT2D eigenvalue weighted by atomic mass is 19.4. The molecule has 0 saturated heterocycles. The first kappa shape index (κ1) is 19.9. The lowest BCUT2D eigenvalue weighted by Gasteiger charge is -2.15. The van der Waals surface area contributed by atoms with Crippen molar-refractivity contribution in [2.75, 3.05) is 11.9 Å². The lowest BCUT2D eigenvalue weighted by atomic mass is 10.1. The molecular formula is C16H14F3N3O5. The molecule has 0 spiro atoms.